The third-order valence-corrected chi connectivity index (χ3v) is 5.29. The van der Waals surface area contributed by atoms with Crippen LogP contribution in [-0.2, 0) is 0 Å². The normalized spacial score (nSPS) is 22.7. The van der Waals surface area contributed by atoms with Crippen molar-refractivity contribution in [3.8, 4) is 6.07 Å². The van der Waals surface area contributed by atoms with Gasteiger partial charge in [-0.25, -0.2) is 0 Å². The Kier molecular flexibility index (Phi) is 6.29. The van der Waals surface area contributed by atoms with E-state index in [1.165, 1.54) is 32.4 Å². The highest BCUT2D eigenvalue weighted by molar-refractivity contribution is 5.05. The van der Waals surface area contributed by atoms with Crippen LogP contribution < -0.4 is 5.32 Å². The van der Waals surface area contributed by atoms with Crippen LogP contribution in [0.5, 0.6) is 0 Å². The van der Waals surface area contributed by atoms with Crippen molar-refractivity contribution in [3.05, 3.63) is 0 Å². The minimum Gasteiger partial charge on any atom is -0.303 e. The lowest BCUT2D eigenvalue weighted by Gasteiger charge is -2.39. The third-order valence-electron chi connectivity index (χ3n) is 5.29. The number of nitriles is 1. The minimum absolute atomic E-state index is 0.312. The fraction of sp³-hybridized carbons (Fsp3) is 0.938. The Morgan fingerprint density at radius 2 is 1.95 bits per heavy atom. The summed E-state index contributed by atoms with van der Waals surface area (Å²) < 4.78 is 0. The molecule has 0 amide bonds. The molecule has 1 rings (SSSR count). The SMILES string of the molecule is CCC1(C)CCN(CCCC(C#N)(CC)NC)CC1. The molecule has 1 aliphatic rings. The number of nitrogens with zero attached hydrogens (tertiary/aromatic N) is 2. The largest absolute Gasteiger partial charge is 0.303 e. The summed E-state index contributed by atoms with van der Waals surface area (Å²) in [6.45, 7) is 10.4. The van der Waals surface area contributed by atoms with Crippen LogP contribution in [-0.4, -0.2) is 37.1 Å². The van der Waals surface area contributed by atoms with Gasteiger partial charge in [0.15, 0.2) is 0 Å². The van der Waals surface area contributed by atoms with E-state index in [9.17, 15) is 5.26 Å². The topological polar surface area (TPSA) is 39.1 Å². The highest BCUT2D eigenvalue weighted by Crippen LogP contribution is 2.34. The van der Waals surface area contributed by atoms with Crippen molar-refractivity contribution in [2.75, 3.05) is 26.7 Å². The van der Waals surface area contributed by atoms with Gasteiger partial charge in [0.25, 0.3) is 0 Å². The fourth-order valence-electron chi connectivity index (χ4n) is 2.94. The van der Waals surface area contributed by atoms with Crippen LogP contribution in [0.2, 0.25) is 0 Å². The Bertz CT molecular complexity index is 294. The van der Waals surface area contributed by atoms with E-state index in [0.717, 1.165) is 25.8 Å². The molecule has 1 saturated heterocycles. The molecule has 0 saturated carbocycles. The van der Waals surface area contributed by atoms with Crippen molar-refractivity contribution in [1.29, 1.82) is 5.26 Å². The van der Waals surface area contributed by atoms with Gasteiger partial charge in [-0.2, -0.15) is 5.26 Å². The number of hydrogen-bond donors (Lipinski definition) is 1. The molecule has 0 aromatic carbocycles. The molecule has 1 unspecified atom stereocenters. The number of likely N-dealkylation sites (tertiary alicyclic amines) is 1. The lowest BCUT2D eigenvalue weighted by molar-refractivity contribution is 0.112. The van der Waals surface area contributed by atoms with E-state index in [0.29, 0.717) is 5.41 Å². The number of rotatable bonds is 7. The van der Waals surface area contributed by atoms with Gasteiger partial charge in [0.2, 0.25) is 0 Å². The Morgan fingerprint density at radius 3 is 2.37 bits per heavy atom. The Labute approximate surface area is 119 Å². The summed E-state index contributed by atoms with van der Waals surface area (Å²) in [7, 11) is 1.90. The van der Waals surface area contributed by atoms with Crippen molar-refractivity contribution in [1.82, 2.24) is 10.2 Å². The van der Waals surface area contributed by atoms with Gasteiger partial charge < -0.3 is 10.2 Å². The molecule has 0 bridgehead atoms. The van der Waals surface area contributed by atoms with Gasteiger partial charge in [-0.1, -0.05) is 27.2 Å². The van der Waals surface area contributed by atoms with E-state index in [2.05, 4.69) is 37.1 Å². The van der Waals surface area contributed by atoms with Crippen molar-refractivity contribution < 1.29 is 0 Å². The average Bonchev–Trinajstić information content (AvgIpc) is 2.46. The van der Waals surface area contributed by atoms with E-state index >= 15 is 0 Å². The molecule has 1 aliphatic heterocycles. The molecule has 3 heteroatoms. The molecule has 1 atom stereocenters. The van der Waals surface area contributed by atoms with Crippen LogP contribution in [0.15, 0.2) is 0 Å². The molecule has 1 fully saturated rings. The van der Waals surface area contributed by atoms with Gasteiger partial charge in [0.1, 0.15) is 5.54 Å². The van der Waals surface area contributed by atoms with E-state index in [-0.39, 0.29) is 5.54 Å². The van der Waals surface area contributed by atoms with E-state index < -0.39 is 0 Å². The first-order valence-corrected chi connectivity index (χ1v) is 7.85. The summed E-state index contributed by atoms with van der Waals surface area (Å²) >= 11 is 0. The summed E-state index contributed by atoms with van der Waals surface area (Å²) in [5.41, 5.74) is 0.259. The van der Waals surface area contributed by atoms with E-state index in [4.69, 9.17) is 0 Å². The molecule has 0 spiro atoms. The Hall–Kier alpha value is -0.590. The van der Waals surface area contributed by atoms with E-state index in [1.54, 1.807) is 0 Å². The maximum atomic E-state index is 9.29. The third kappa shape index (κ3) is 4.47. The summed E-state index contributed by atoms with van der Waals surface area (Å²) in [4.78, 5) is 2.57. The van der Waals surface area contributed by atoms with Crippen LogP contribution in [0.1, 0.15) is 59.3 Å². The van der Waals surface area contributed by atoms with Crippen LogP contribution in [0.25, 0.3) is 0 Å². The second-order valence-electron chi connectivity index (χ2n) is 6.41. The zero-order chi connectivity index (χ0) is 14.4. The van der Waals surface area contributed by atoms with Gasteiger partial charge in [-0.3, -0.25) is 0 Å². The molecule has 0 aromatic rings. The van der Waals surface area contributed by atoms with E-state index in [1.807, 2.05) is 7.05 Å². The van der Waals surface area contributed by atoms with Gasteiger partial charge in [-0.15, -0.1) is 0 Å². The second-order valence-corrected chi connectivity index (χ2v) is 6.41. The number of hydrogen-bond acceptors (Lipinski definition) is 3. The monoisotopic (exact) mass is 265 g/mol. The Morgan fingerprint density at radius 1 is 1.32 bits per heavy atom. The zero-order valence-corrected chi connectivity index (χ0v) is 13.3. The quantitative estimate of drug-likeness (QED) is 0.768. The molecule has 0 aliphatic carbocycles. The minimum atomic E-state index is -0.312. The molecule has 0 aromatic heterocycles. The molecule has 110 valence electrons. The van der Waals surface area contributed by atoms with Crippen LogP contribution in [0, 0.1) is 16.7 Å². The first-order chi connectivity index (χ1) is 9.03. The van der Waals surface area contributed by atoms with Crippen LogP contribution >= 0.6 is 0 Å². The lowest BCUT2D eigenvalue weighted by atomic mass is 9.78. The summed E-state index contributed by atoms with van der Waals surface area (Å²) in [6.07, 6.45) is 6.91. The van der Waals surface area contributed by atoms with Crippen LogP contribution in [0.4, 0.5) is 0 Å². The first kappa shape index (κ1) is 16.5. The predicted molar refractivity (Wildman–Crippen MR) is 81.0 cm³/mol. The lowest BCUT2D eigenvalue weighted by Crippen LogP contribution is -2.43. The first-order valence-electron chi connectivity index (χ1n) is 7.85. The summed E-state index contributed by atoms with van der Waals surface area (Å²) in [6, 6.07) is 2.45. The second kappa shape index (κ2) is 7.26. The Balaban J connectivity index is 2.30. The number of nitrogens with one attached hydrogen (secondary N) is 1. The van der Waals surface area contributed by atoms with Crippen molar-refractivity contribution in [2.45, 2.75) is 64.8 Å². The maximum Gasteiger partial charge on any atom is 0.106 e. The molecular formula is C16H31N3. The number of piperidine rings is 1. The van der Waals surface area contributed by atoms with Crippen molar-refractivity contribution in [3.63, 3.8) is 0 Å². The predicted octanol–water partition coefficient (Wildman–Crippen LogP) is 3.17. The highest BCUT2D eigenvalue weighted by atomic mass is 15.1. The fourth-order valence-corrected chi connectivity index (χ4v) is 2.94. The van der Waals surface area contributed by atoms with Gasteiger partial charge in [0.05, 0.1) is 6.07 Å². The van der Waals surface area contributed by atoms with Crippen LogP contribution in [0.3, 0.4) is 0 Å². The summed E-state index contributed by atoms with van der Waals surface area (Å²) in [5, 5.41) is 12.5. The summed E-state index contributed by atoms with van der Waals surface area (Å²) in [5.74, 6) is 0. The molecule has 3 nitrogen and oxygen atoms in total. The average molecular weight is 265 g/mol. The van der Waals surface area contributed by atoms with Gasteiger partial charge in [-0.05, 0) is 64.2 Å². The zero-order valence-electron chi connectivity index (χ0n) is 13.3. The molecule has 19 heavy (non-hydrogen) atoms. The molecule has 1 N–H and O–H groups in total. The van der Waals surface area contributed by atoms with Gasteiger partial charge in [0, 0.05) is 0 Å². The standard InChI is InChI=1S/C16H31N3/c1-5-15(3)9-12-19(13-10-15)11-7-8-16(6-2,14-17)18-4/h18H,5-13H2,1-4H3. The molecule has 0 radical (unpaired) electrons. The smallest absolute Gasteiger partial charge is 0.106 e. The highest BCUT2D eigenvalue weighted by Gasteiger charge is 2.29. The van der Waals surface area contributed by atoms with Gasteiger partial charge >= 0.3 is 0 Å². The molecule has 1 heterocycles. The van der Waals surface area contributed by atoms with Crippen molar-refractivity contribution >= 4 is 0 Å². The molecular weight excluding hydrogens is 234 g/mol. The van der Waals surface area contributed by atoms with Crippen molar-refractivity contribution in [2.24, 2.45) is 5.41 Å². The maximum absolute atomic E-state index is 9.29.